The topological polar surface area (TPSA) is 42.0 Å². The molecule has 1 aromatic heterocycles. The molecule has 0 radical (unpaired) electrons. The lowest BCUT2D eigenvalue weighted by Gasteiger charge is -2.07. The van der Waals surface area contributed by atoms with E-state index in [1.54, 1.807) is 18.3 Å². The molecule has 0 saturated carbocycles. The number of anilines is 1. The number of pyridine rings is 1. The maximum atomic E-state index is 12.2. The van der Waals surface area contributed by atoms with Gasteiger partial charge in [0.05, 0.1) is 0 Å². The van der Waals surface area contributed by atoms with Crippen molar-refractivity contribution in [3.05, 3.63) is 58.4 Å². The van der Waals surface area contributed by atoms with Crippen LogP contribution in [0.5, 0.6) is 0 Å². The van der Waals surface area contributed by atoms with Crippen LogP contribution < -0.4 is 5.32 Å². The summed E-state index contributed by atoms with van der Waals surface area (Å²) in [5.74, 6) is -0.222. The van der Waals surface area contributed by atoms with Crippen LogP contribution in [0.4, 0.5) is 5.69 Å². The molecule has 5 heteroatoms. The SMILES string of the molecule is CCCCCc1ccc(C(=O)Nc2ccc(C)c(Cl)c2)nc1.Cl. The van der Waals surface area contributed by atoms with Crippen LogP contribution in [0.25, 0.3) is 0 Å². The van der Waals surface area contributed by atoms with E-state index in [1.807, 2.05) is 25.1 Å². The number of carbonyl (C=O) groups is 1. The summed E-state index contributed by atoms with van der Waals surface area (Å²) in [7, 11) is 0. The van der Waals surface area contributed by atoms with E-state index in [2.05, 4.69) is 17.2 Å². The predicted octanol–water partition coefficient (Wildman–Crippen LogP) is 5.45. The van der Waals surface area contributed by atoms with Crippen molar-refractivity contribution in [2.45, 2.75) is 39.5 Å². The van der Waals surface area contributed by atoms with Gasteiger partial charge in [-0.2, -0.15) is 0 Å². The van der Waals surface area contributed by atoms with Crippen molar-refractivity contribution >= 4 is 35.6 Å². The second kappa shape index (κ2) is 9.53. The zero-order valence-electron chi connectivity index (χ0n) is 13.4. The van der Waals surface area contributed by atoms with Crippen molar-refractivity contribution in [2.75, 3.05) is 5.32 Å². The Labute approximate surface area is 148 Å². The van der Waals surface area contributed by atoms with E-state index in [9.17, 15) is 4.79 Å². The molecule has 1 amide bonds. The van der Waals surface area contributed by atoms with Crippen LogP contribution in [0.1, 0.15) is 47.8 Å². The average Bonchev–Trinajstić information content (AvgIpc) is 2.52. The van der Waals surface area contributed by atoms with E-state index in [4.69, 9.17) is 11.6 Å². The first-order chi connectivity index (χ1) is 10.6. The fourth-order valence-electron chi connectivity index (χ4n) is 2.15. The van der Waals surface area contributed by atoms with Gasteiger partial charge in [0.15, 0.2) is 0 Å². The normalized spacial score (nSPS) is 10.0. The number of hydrogen-bond donors (Lipinski definition) is 1. The molecule has 0 aliphatic heterocycles. The van der Waals surface area contributed by atoms with Gasteiger partial charge in [-0.25, -0.2) is 0 Å². The molecule has 23 heavy (non-hydrogen) atoms. The van der Waals surface area contributed by atoms with E-state index in [0.29, 0.717) is 16.4 Å². The summed E-state index contributed by atoms with van der Waals surface area (Å²) < 4.78 is 0. The molecule has 1 heterocycles. The third-order valence-corrected chi connectivity index (χ3v) is 3.96. The van der Waals surface area contributed by atoms with E-state index in [1.165, 1.54) is 18.4 Å². The highest BCUT2D eigenvalue weighted by Crippen LogP contribution is 2.20. The average molecular weight is 353 g/mol. The number of nitrogens with one attached hydrogen (secondary N) is 1. The maximum Gasteiger partial charge on any atom is 0.274 e. The molecule has 0 bridgehead atoms. The molecule has 0 aliphatic rings. The van der Waals surface area contributed by atoms with Crippen molar-refractivity contribution in [3.63, 3.8) is 0 Å². The summed E-state index contributed by atoms with van der Waals surface area (Å²) in [4.78, 5) is 16.4. The van der Waals surface area contributed by atoms with Crippen LogP contribution >= 0.6 is 24.0 Å². The van der Waals surface area contributed by atoms with Gasteiger partial charge in [-0.3, -0.25) is 9.78 Å². The Morgan fingerprint density at radius 1 is 1.22 bits per heavy atom. The first-order valence-corrected chi connectivity index (χ1v) is 8.00. The fraction of sp³-hybridized carbons (Fsp3) is 0.333. The Hall–Kier alpha value is -1.58. The fourth-order valence-corrected chi connectivity index (χ4v) is 2.33. The molecule has 1 aromatic carbocycles. The number of hydrogen-bond acceptors (Lipinski definition) is 2. The van der Waals surface area contributed by atoms with Gasteiger partial charge in [-0.05, 0) is 49.1 Å². The molecule has 0 fully saturated rings. The Morgan fingerprint density at radius 2 is 2.00 bits per heavy atom. The molecular formula is C18H22Cl2N2O. The Bertz CT molecular complexity index is 642. The van der Waals surface area contributed by atoms with Gasteiger partial charge >= 0.3 is 0 Å². The van der Waals surface area contributed by atoms with Gasteiger partial charge in [-0.1, -0.05) is 43.5 Å². The minimum atomic E-state index is -0.222. The van der Waals surface area contributed by atoms with Gasteiger partial charge < -0.3 is 5.32 Å². The lowest BCUT2D eigenvalue weighted by Crippen LogP contribution is -2.13. The van der Waals surface area contributed by atoms with E-state index in [-0.39, 0.29) is 18.3 Å². The third kappa shape index (κ3) is 5.85. The van der Waals surface area contributed by atoms with Crippen LogP contribution in [-0.2, 0) is 6.42 Å². The molecule has 0 spiro atoms. The summed E-state index contributed by atoms with van der Waals surface area (Å²) in [6.45, 7) is 4.11. The summed E-state index contributed by atoms with van der Waals surface area (Å²) in [6, 6.07) is 9.19. The zero-order chi connectivity index (χ0) is 15.9. The number of rotatable bonds is 6. The number of aryl methyl sites for hydroxylation is 2. The first-order valence-electron chi connectivity index (χ1n) is 7.62. The highest BCUT2D eigenvalue weighted by Gasteiger charge is 2.08. The minimum Gasteiger partial charge on any atom is -0.321 e. The van der Waals surface area contributed by atoms with Crippen molar-refractivity contribution in [1.82, 2.24) is 4.98 Å². The number of unbranched alkanes of at least 4 members (excludes halogenated alkanes) is 2. The molecule has 124 valence electrons. The van der Waals surface area contributed by atoms with Crippen LogP contribution in [0, 0.1) is 6.92 Å². The third-order valence-electron chi connectivity index (χ3n) is 3.56. The first kappa shape index (κ1) is 19.5. The summed E-state index contributed by atoms with van der Waals surface area (Å²) >= 11 is 6.06. The Morgan fingerprint density at radius 3 is 2.61 bits per heavy atom. The highest BCUT2D eigenvalue weighted by molar-refractivity contribution is 6.31. The molecule has 0 unspecified atom stereocenters. The van der Waals surface area contributed by atoms with Crippen LogP contribution in [-0.4, -0.2) is 10.9 Å². The van der Waals surface area contributed by atoms with Gasteiger partial charge in [0.25, 0.3) is 5.91 Å². The van der Waals surface area contributed by atoms with Crippen molar-refractivity contribution < 1.29 is 4.79 Å². The lowest BCUT2D eigenvalue weighted by molar-refractivity contribution is 0.102. The van der Waals surface area contributed by atoms with Crippen molar-refractivity contribution in [2.24, 2.45) is 0 Å². The van der Waals surface area contributed by atoms with E-state index in [0.717, 1.165) is 18.4 Å². The predicted molar refractivity (Wildman–Crippen MR) is 98.9 cm³/mol. The van der Waals surface area contributed by atoms with Gasteiger partial charge in [0, 0.05) is 16.9 Å². The monoisotopic (exact) mass is 352 g/mol. The highest BCUT2D eigenvalue weighted by atomic mass is 35.5. The summed E-state index contributed by atoms with van der Waals surface area (Å²) in [5, 5.41) is 3.45. The Kier molecular flexibility index (Phi) is 8.07. The molecular weight excluding hydrogens is 331 g/mol. The minimum absolute atomic E-state index is 0. The van der Waals surface area contributed by atoms with E-state index < -0.39 is 0 Å². The number of nitrogens with zero attached hydrogens (tertiary/aromatic N) is 1. The molecule has 3 nitrogen and oxygen atoms in total. The van der Waals surface area contributed by atoms with Gasteiger partial charge in [0.2, 0.25) is 0 Å². The molecule has 1 N–H and O–H groups in total. The number of halogens is 2. The zero-order valence-corrected chi connectivity index (χ0v) is 15.0. The molecule has 2 aromatic rings. The molecule has 0 saturated heterocycles. The standard InChI is InChI=1S/C18H21ClN2O.ClH/c1-3-4-5-6-14-8-10-17(20-12-14)18(22)21-15-9-7-13(2)16(19)11-15;/h7-12H,3-6H2,1-2H3,(H,21,22);1H. The molecule has 2 rings (SSSR count). The largest absolute Gasteiger partial charge is 0.321 e. The van der Waals surface area contributed by atoms with Crippen molar-refractivity contribution in [1.29, 1.82) is 0 Å². The van der Waals surface area contributed by atoms with Crippen LogP contribution in [0.2, 0.25) is 5.02 Å². The molecule has 0 atom stereocenters. The summed E-state index contributed by atoms with van der Waals surface area (Å²) in [5.41, 5.74) is 3.24. The number of carbonyl (C=O) groups excluding carboxylic acids is 1. The number of benzene rings is 1. The quantitative estimate of drug-likeness (QED) is 0.702. The van der Waals surface area contributed by atoms with Crippen LogP contribution in [0.3, 0.4) is 0 Å². The van der Waals surface area contributed by atoms with Crippen molar-refractivity contribution in [3.8, 4) is 0 Å². The smallest absolute Gasteiger partial charge is 0.274 e. The van der Waals surface area contributed by atoms with Gasteiger partial charge in [0.1, 0.15) is 5.69 Å². The van der Waals surface area contributed by atoms with E-state index >= 15 is 0 Å². The van der Waals surface area contributed by atoms with Gasteiger partial charge in [-0.15, -0.1) is 12.4 Å². The number of aromatic nitrogens is 1. The maximum absolute atomic E-state index is 12.2. The lowest BCUT2D eigenvalue weighted by atomic mass is 10.1. The summed E-state index contributed by atoms with van der Waals surface area (Å²) in [6.07, 6.45) is 6.37. The number of amides is 1. The van der Waals surface area contributed by atoms with Crippen LogP contribution in [0.15, 0.2) is 36.5 Å². The second-order valence-electron chi connectivity index (χ2n) is 5.43. The second-order valence-corrected chi connectivity index (χ2v) is 5.83. The molecule has 0 aliphatic carbocycles. The Balaban J connectivity index is 0.00000264.